The third kappa shape index (κ3) is 12.4. The van der Waals surface area contributed by atoms with Crippen LogP contribution in [-0.4, -0.2) is 182 Å². The summed E-state index contributed by atoms with van der Waals surface area (Å²) in [4.78, 5) is 16.0. The molecule has 0 saturated carbocycles. The molecule has 29 heavy (non-hydrogen) atoms. The third-order valence-corrected chi connectivity index (χ3v) is 7.15. The van der Waals surface area contributed by atoms with E-state index in [1.165, 1.54) is 18.2 Å². The summed E-state index contributed by atoms with van der Waals surface area (Å²) < 4.78 is 61.5. The van der Waals surface area contributed by atoms with Crippen molar-refractivity contribution in [3.63, 3.8) is 0 Å². The summed E-state index contributed by atoms with van der Waals surface area (Å²) in [6, 6.07) is 12.5. The summed E-state index contributed by atoms with van der Waals surface area (Å²) in [5.74, 6) is -0.0953. The maximum absolute atomic E-state index is 13.6. The third-order valence-electron chi connectivity index (χ3n) is 3.60. The van der Waals surface area contributed by atoms with Crippen LogP contribution in [0.5, 0.6) is 11.5 Å². The molecule has 0 fully saturated rings. The van der Waals surface area contributed by atoms with E-state index < -0.39 is 34.9 Å². The molecule has 0 bridgehead atoms. The van der Waals surface area contributed by atoms with E-state index in [2.05, 4.69) is 0 Å². The van der Waals surface area contributed by atoms with E-state index in [0.29, 0.717) is 17.7 Å². The molecule has 13 heteroatoms. The van der Waals surface area contributed by atoms with Crippen molar-refractivity contribution < 1.29 is 36.4 Å². The molecule has 0 aliphatic heterocycles. The number of benzene rings is 2. The van der Waals surface area contributed by atoms with Gasteiger partial charge in [0.25, 0.3) is 10.1 Å². The zero-order valence-electron chi connectivity index (χ0n) is 13.5. The van der Waals surface area contributed by atoms with Gasteiger partial charge in [-0.3, -0.25) is 9.12 Å². The van der Waals surface area contributed by atoms with Gasteiger partial charge < -0.3 is 14.5 Å². The summed E-state index contributed by atoms with van der Waals surface area (Å²) in [7, 11) is -9.84. The molecule has 0 heterocycles. The number of halogens is 1. The molecule has 2 aromatic carbocycles. The van der Waals surface area contributed by atoms with Gasteiger partial charge in [-0.2, -0.15) is 8.42 Å². The van der Waals surface area contributed by atoms with Crippen molar-refractivity contribution in [2.45, 2.75) is 24.3 Å². The van der Waals surface area contributed by atoms with Gasteiger partial charge >= 0.3 is 162 Å². The van der Waals surface area contributed by atoms with E-state index in [1.54, 1.807) is 30.3 Å². The Morgan fingerprint density at radius 3 is 2.21 bits per heavy atom. The zero-order valence-corrected chi connectivity index (χ0v) is 15.2. The first-order chi connectivity index (χ1) is 12.1. The van der Waals surface area contributed by atoms with E-state index in [1.807, 2.05) is 0 Å². The van der Waals surface area contributed by atoms with E-state index in [9.17, 15) is 17.4 Å². The van der Waals surface area contributed by atoms with Gasteiger partial charge in [0, 0.05) is 0 Å². The number of para-hydroxylation sites is 1. The van der Waals surface area contributed by atoms with Crippen LogP contribution in [0, 0.1) is 5.82 Å². The SMILES string of the molecule is O=P(O)(O)C(CCCc1cccc(Oc2ccccc2F)c1)S(=O)(=O)O.[KH].[KH].[KH]. The van der Waals surface area contributed by atoms with Crippen LogP contribution >= 0.6 is 7.60 Å². The van der Waals surface area contributed by atoms with Crippen molar-refractivity contribution >= 4 is 172 Å². The molecule has 2 rings (SSSR count). The topological polar surface area (TPSA) is 121 Å². The van der Waals surface area contributed by atoms with Gasteiger partial charge in [-0.05, 0) is 49.1 Å². The van der Waals surface area contributed by atoms with Crippen molar-refractivity contribution in [2.75, 3.05) is 0 Å². The molecule has 2 aromatic rings. The minimum atomic E-state index is -4.98. The predicted molar refractivity (Wildman–Crippen MR) is 115 cm³/mol. The molecule has 0 radical (unpaired) electrons. The molecule has 1 unspecified atom stereocenters. The normalized spacial score (nSPS) is 12.0. The molecule has 0 aliphatic carbocycles. The van der Waals surface area contributed by atoms with Gasteiger partial charge in [0.1, 0.15) is 5.75 Å². The van der Waals surface area contributed by atoms with Gasteiger partial charge in [-0.25, -0.2) is 4.39 Å². The molecule has 148 valence electrons. The first kappa shape index (κ1) is 34.3. The Hall–Kier alpha value is 3.14. The van der Waals surface area contributed by atoms with Crippen molar-refractivity contribution in [1.82, 2.24) is 0 Å². The monoisotopic (exact) mass is 524 g/mol. The second-order valence-corrected chi connectivity index (χ2v) is 9.38. The Labute approximate surface area is 297 Å². The Morgan fingerprint density at radius 1 is 1.03 bits per heavy atom. The number of hydrogen-bond donors (Lipinski definition) is 3. The average molecular weight is 525 g/mol. The summed E-state index contributed by atoms with van der Waals surface area (Å²) in [6.07, 6.45) is 0.000714. The number of ether oxygens (including phenoxy) is 1. The molecule has 1 atom stereocenters. The summed E-state index contributed by atoms with van der Waals surface area (Å²) in [5, 5.41) is 0. The van der Waals surface area contributed by atoms with Crippen molar-refractivity contribution in [1.29, 1.82) is 0 Å². The standard InChI is InChI=1S/C16H18FO7PS.3K.3H/c17-14-8-1-2-9-15(14)24-13-7-3-5-12(11-13)6-4-10-16(25(18,19)20)26(21,22)23;;;;;;/h1-3,5,7-9,11,16H,4,6,10H2,(H2,18,19,20)(H,21,22,23);;;;;;. The van der Waals surface area contributed by atoms with E-state index in [0.717, 1.165) is 0 Å². The van der Waals surface area contributed by atoms with Gasteiger partial charge in [-0.15, -0.1) is 0 Å². The molecular weight excluding hydrogens is 504 g/mol. The fraction of sp³-hybridized carbons (Fsp3) is 0.250. The molecule has 0 saturated heterocycles. The summed E-state index contributed by atoms with van der Waals surface area (Å²) >= 11 is 0. The molecule has 0 spiro atoms. The van der Waals surface area contributed by atoms with Gasteiger partial charge in [0.2, 0.25) is 0 Å². The fourth-order valence-electron chi connectivity index (χ4n) is 2.39. The van der Waals surface area contributed by atoms with Crippen LogP contribution in [0.1, 0.15) is 18.4 Å². The molecular formula is C16H21FK3O7PS. The summed E-state index contributed by atoms with van der Waals surface area (Å²) in [5.41, 5.74) is 0.707. The average Bonchev–Trinajstić information content (AvgIpc) is 2.52. The number of aryl methyl sites for hydroxylation is 1. The molecule has 3 N–H and O–H groups in total. The molecule has 0 aromatic heterocycles. The number of rotatable bonds is 8. The zero-order chi connectivity index (χ0) is 19.4. The van der Waals surface area contributed by atoms with Gasteiger partial charge in [-0.1, -0.05) is 24.3 Å². The number of hydrogen-bond acceptors (Lipinski definition) is 4. The van der Waals surface area contributed by atoms with Crippen LogP contribution in [0.25, 0.3) is 0 Å². The second-order valence-electron chi connectivity index (χ2n) is 5.63. The first-order valence-corrected chi connectivity index (χ1v) is 10.8. The van der Waals surface area contributed by atoms with Crippen molar-refractivity contribution in [2.24, 2.45) is 0 Å². The Balaban J connectivity index is 0. The van der Waals surface area contributed by atoms with E-state index in [-0.39, 0.29) is 166 Å². The van der Waals surface area contributed by atoms with Crippen LogP contribution < -0.4 is 4.74 Å². The Kier molecular flexibility index (Phi) is 18.8. The van der Waals surface area contributed by atoms with Crippen LogP contribution in [0.3, 0.4) is 0 Å². The molecule has 0 amide bonds. The first-order valence-electron chi connectivity index (χ1n) is 7.60. The molecule has 7 nitrogen and oxygen atoms in total. The van der Waals surface area contributed by atoms with Gasteiger partial charge in [0.15, 0.2) is 16.6 Å². The van der Waals surface area contributed by atoms with E-state index in [4.69, 9.17) is 19.1 Å². The fourth-order valence-corrected chi connectivity index (χ4v) is 4.76. The van der Waals surface area contributed by atoms with Crippen LogP contribution in [-0.2, 0) is 21.1 Å². The Bertz CT molecular complexity index is 924. The minimum absolute atomic E-state index is 0. The second kappa shape index (κ2) is 15.9. The van der Waals surface area contributed by atoms with Crippen molar-refractivity contribution in [3.8, 4) is 11.5 Å². The van der Waals surface area contributed by atoms with Crippen LogP contribution in [0.2, 0.25) is 0 Å². The summed E-state index contributed by atoms with van der Waals surface area (Å²) in [6.45, 7) is 0. The predicted octanol–water partition coefficient (Wildman–Crippen LogP) is 1.39. The van der Waals surface area contributed by atoms with Gasteiger partial charge in [0.05, 0.1) is 0 Å². The van der Waals surface area contributed by atoms with Crippen molar-refractivity contribution in [3.05, 3.63) is 59.9 Å². The quantitative estimate of drug-likeness (QED) is 0.271. The maximum atomic E-state index is 13.6. The van der Waals surface area contributed by atoms with Crippen LogP contribution in [0.4, 0.5) is 4.39 Å². The van der Waals surface area contributed by atoms with Crippen LogP contribution in [0.15, 0.2) is 48.5 Å². The molecule has 0 aliphatic rings. The van der Waals surface area contributed by atoms with E-state index >= 15 is 0 Å². The Morgan fingerprint density at radius 2 is 1.66 bits per heavy atom.